The van der Waals surface area contributed by atoms with Crippen LogP contribution in [-0.4, -0.2) is 20.4 Å². The van der Waals surface area contributed by atoms with Crippen LogP contribution in [0.2, 0.25) is 10.0 Å². The van der Waals surface area contributed by atoms with Gasteiger partial charge >= 0.3 is 0 Å². The molecule has 0 spiro atoms. The van der Waals surface area contributed by atoms with Crippen molar-refractivity contribution in [1.82, 2.24) is 14.5 Å². The van der Waals surface area contributed by atoms with Gasteiger partial charge in [-0.3, -0.25) is 9.36 Å². The normalized spacial score (nSPS) is 11.0. The number of imidazole rings is 1. The lowest BCUT2D eigenvalue weighted by molar-refractivity contribution is 0.0961. The molecule has 4 nitrogen and oxygen atoms in total. The molecule has 0 bridgehead atoms. The van der Waals surface area contributed by atoms with Crippen LogP contribution in [0.5, 0.6) is 0 Å². The molecule has 0 atom stereocenters. The molecule has 0 saturated heterocycles. The lowest BCUT2D eigenvalue weighted by Crippen LogP contribution is -2.14. The Bertz CT molecular complexity index is 1120. The summed E-state index contributed by atoms with van der Waals surface area (Å²) in [5.41, 5.74) is 3.50. The van der Waals surface area contributed by atoms with Gasteiger partial charge < -0.3 is 0 Å². The fraction of sp³-hybridized carbons (Fsp3) is 0.0500. The number of benzene rings is 2. The van der Waals surface area contributed by atoms with E-state index in [1.165, 1.54) is 10.9 Å². The molecule has 2 aromatic heterocycles. The van der Waals surface area contributed by atoms with Gasteiger partial charge in [-0.25, -0.2) is 9.97 Å². The van der Waals surface area contributed by atoms with Gasteiger partial charge in [-0.05, 0) is 24.6 Å². The fourth-order valence-electron chi connectivity index (χ4n) is 3.03. The molecule has 4 rings (SSSR count). The number of carbonyl (C=O) groups is 1. The second-order valence-electron chi connectivity index (χ2n) is 5.86. The van der Waals surface area contributed by atoms with Crippen LogP contribution in [0.1, 0.15) is 15.9 Å². The second-order valence-corrected chi connectivity index (χ2v) is 6.64. The van der Waals surface area contributed by atoms with Crippen molar-refractivity contribution in [3.8, 4) is 11.3 Å². The third-order valence-electron chi connectivity index (χ3n) is 4.29. The first kappa shape index (κ1) is 16.8. The van der Waals surface area contributed by atoms with Crippen molar-refractivity contribution in [2.45, 2.75) is 6.92 Å². The maximum absolute atomic E-state index is 13.2. The second kappa shape index (κ2) is 6.56. The van der Waals surface area contributed by atoms with Crippen molar-refractivity contribution in [2.24, 2.45) is 0 Å². The van der Waals surface area contributed by atoms with Crippen molar-refractivity contribution in [1.29, 1.82) is 0 Å². The van der Waals surface area contributed by atoms with Gasteiger partial charge in [-0.1, -0.05) is 53.5 Å². The molecule has 0 amide bonds. The molecule has 2 aromatic carbocycles. The molecular formula is C20H13Cl2N3O. The highest BCUT2D eigenvalue weighted by Gasteiger charge is 2.22. The molecule has 26 heavy (non-hydrogen) atoms. The molecule has 6 heteroatoms. The highest BCUT2D eigenvalue weighted by molar-refractivity contribution is 6.46. The van der Waals surface area contributed by atoms with Crippen LogP contribution in [0, 0.1) is 6.92 Å². The predicted molar refractivity (Wildman–Crippen MR) is 104 cm³/mol. The van der Waals surface area contributed by atoms with Crippen molar-refractivity contribution in [3.63, 3.8) is 0 Å². The average Bonchev–Trinajstić information content (AvgIpc) is 3.20. The summed E-state index contributed by atoms with van der Waals surface area (Å²) in [6, 6.07) is 13.2. The smallest absolute Gasteiger partial charge is 0.264 e. The summed E-state index contributed by atoms with van der Waals surface area (Å²) in [5, 5.41) is 1.26. The van der Waals surface area contributed by atoms with E-state index in [0.29, 0.717) is 26.5 Å². The van der Waals surface area contributed by atoms with E-state index >= 15 is 0 Å². The minimum Gasteiger partial charge on any atom is -0.272 e. The van der Waals surface area contributed by atoms with E-state index in [2.05, 4.69) is 4.98 Å². The summed E-state index contributed by atoms with van der Waals surface area (Å²) in [5.74, 6) is -0.228. The lowest BCUT2D eigenvalue weighted by atomic mass is 9.97. The zero-order chi connectivity index (χ0) is 18.3. The first-order chi connectivity index (χ1) is 12.6. The van der Waals surface area contributed by atoms with Crippen molar-refractivity contribution in [3.05, 3.63) is 82.4 Å². The molecule has 0 aliphatic carbocycles. The Morgan fingerprint density at radius 2 is 1.85 bits per heavy atom. The molecule has 0 N–H and O–H groups in total. The number of rotatable bonds is 2. The van der Waals surface area contributed by atoms with E-state index in [9.17, 15) is 4.79 Å². The van der Waals surface area contributed by atoms with E-state index in [0.717, 1.165) is 16.8 Å². The summed E-state index contributed by atoms with van der Waals surface area (Å²) in [6.07, 6.45) is 4.63. The quantitative estimate of drug-likeness (QED) is 0.466. The molecule has 0 radical (unpaired) electrons. The Balaban J connectivity index is 2.11. The molecule has 0 aliphatic rings. The van der Waals surface area contributed by atoms with Crippen LogP contribution in [-0.2, 0) is 0 Å². The Labute approximate surface area is 160 Å². The van der Waals surface area contributed by atoms with E-state index in [1.807, 2.05) is 37.3 Å². The van der Waals surface area contributed by atoms with Gasteiger partial charge in [0, 0.05) is 23.3 Å². The lowest BCUT2D eigenvalue weighted by Gasteiger charge is -2.15. The molecule has 4 aromatic rings. The van der Waals surface area contributed by atoms with Gasteiger partial charge in [0.15, 0.2) is 0 Å². The minimum absolute atomic E-state index is 0.228. The van der Waals surface area contributed by atoms with Gasteiger partial charge in [0.05, 0.1) is 26.8 Å². The van der Waals surface area contributed by atoms with Gasteiger partial charge in [-0.15, -0.1) is 0 Å². The summed E-state index contributed by atoms with van der Waals surface area (Å²) in [4.78, 5) is 21.9. The third-order valence-corrected chi connectivity index (χ3v) is 5.09. The number of nitrogens with zero attached hydrogens (tertiary/aromatic N) is 3. The summed E-state index contributed by atoms with van der Waals surface area (Å²) >= 11 is 12.7. The van der Waals surface area contributed by atoms with Crippen LogP contribution in [0.3, 0.4) is 0 Å². The van der Waals surface area contributed by atoms with Gasteiger partial charge in [0.25, 0.3) is 5.91 Å². The van der Waals surface area contributed by atoms with Crippen LogP contribution in [0.4, 0.5) is 0 Å². The zero-order valence-corrected chi connectivity index (χ0v) is 15.3. The molecule has 2 heterocycles. The number of fused-ring (bicyclic) bond motifs is 1. The first-order valence-corrected chi connectivity index (χ1v) is 8.70. The van der Waals surface area contributed by atoms with Crippen molar-refractivity contribution >= 4 is 40.0 Å². The number of hydrogen-bond donors (Lipinski definition) is 0. The molecule has 0 aliphatic heterocycles. The maximum atomic E-state index is 13.2. The van der Waals surface area contributed by atoms with E-state index in [1.54, 1.807) is 24.5 Å². The van der Waals surface area contributed by atoms with Crippen molar-refractivity contribution in [2.75, 3.05) is 0 Å². The first-order valence-electron chi connectivity index (χ1n) is 7.94. The number of hydrogen-bond acceptors (Lipinski definition) is 3. The molecule has 0 unspecified atom stereocenters. The SMILES string of the molecule is Cc1c(-c2ccccc2)nc2ccc(Cl)c(Cl)c2c1C(=O)n1ccnc1. The summed E-state index contributed by atoms with van der Waals surface area (Å²) < 4.78 is 1.42. The van der Waals surface area contributed by atoms with E-state index in [4.69, 9.17) is 28.2 Å². The van der Waals surface area contributed by atoms with Crippen LogP contribution in [0.15, 0.2) is 61.2 Å². The maximum Gasteiger partial charge on any atom is 0.264 e. The van der Waals surface area contributed by atoms with Crippen LogP contribution in [0.25, 0.3) is 22.2 Å². The standard InChI is InChI=1S/C20H13Cl2N3O/c1-12-16(20(26)25-10-9-23-11-25)17-15(8-7-14(21)18(17)22)24-19(12)13-5-3-2-4-6-13/h2-11H,1H3. The Morgan fingerprint density at radius 1 is 1.08 bits per heavy atom. The third kappa shape index (κ3) is 2.68. The highest BCUT2D eigenvalue weighted by Crippen LogP contribution is 2.37. The predicted octanol–water partition coefficient (Wildman–Crippen LogP) is 5.40. The zero-order valence-electron chi connectivity index (χ0n) is 13.8. The molecule has 0 saturated carbocycles. The van der Waals surface area contributed by atoms with E-state index in [-0.39, 0.29) is 5.91 Å². The Hall–Kier alpha value is -2.69. The summed E-state index contributed by atoms with van der Waals surface area (Å²) in [7, 11) is 0. The topological polar surface area (TPSA) is 47.8 Å². The summed E-state index contributed by atoms with van der Waals surface area (Å²) in [6.45, 7) is 1.87. The molecule has 128 valence electrons. The van der Waals surface area contributed by atoms with Gasteiger partial charge in [0.2, 0.25) is 0 Å². The Morgan fingerprint density at radius 3 is 2.54 bits per heavy atom. The van der Waals surface area contributed by atoms with Crippen molar-refractivity contribution < 1.29 is 4.79 Å². The number of aromatic nitrogens is 3. The van der Waals surface area contributed by atoms with E-state index < -0.39 is 0 Å². The monoisotopic (exact) mass is 381 g/mol. The average molecular weight is 382 g/mol. The van der Waals surface area contributed by atoms with Crippen LogP contribution < -0.4 is 0 Å². The Kier molecular flexibility index (Phi) is 4.23. The largest absolute Gasteiger partial charge is 0.272 e. The minimum atomic E-state index is -0.228. The molecule has 0 fully saturated rings. The van der Waals surface area contributed by atoms with Gasteiger partial charge in [0.1, 0.15) is 6.33 Å². The number of halogens is 2. The molecular weight excluding hydrogens is 369 g/mol. The fourth-order valence-corrected chi connectivity index (χ4v) is 3.45. The number of carbonyl (C=O) groups excluding carboxylic acids is 1. The van der Waals surface area contributed by atoms with Gasteiger partial charge in [-0.2, -0.15) is 0 Å². The van der Waals surface area contributed by atoms with Crippen LogP contribution >= 0.6 is 23.2 Å². The number of pyridine rings is 1. The highest BCUT2D eigenvalue weighted by atomic mass is 35.5.